The topological polar surface area (TPSA) is 9.72 Å². The standard InChI is InChI=1S/C18H35N3/c1-6-19-9-7-16(8-10-19)11-20-12-18(13-20)14-21(15(18)2)17(3,4)5/h15-16H,6-14H2,1-5H3/t15-/m0/s1. The predicted octanol–water partition coefficient (Wildman–Crippen LogP) is 2.52. The van der Waals surface area contributed by atoms with Gasteiger partial charge in [0.25, 0.3) is 0 Å². The Bertz CT molecular complexity index is 359. The zero-order valence-corrected chi connectivity index (χ0v) is 14.9. The third-order valence-corrected chi connectivity index (χ3v) is 6.45. The van der Waals surface area contributed by atoms with E-state index in [-0.39, 0.29) is 0 Å². The second-order valence-electron chi connectivity index (χ2n) is 8.88. The summed E-state index contributed by atoms with van der Waals surface area (Å²) in [6, 6.07) is 0.774. The summed E-state index contributed by atoms with van der Waals surface area (Å²) in [5.74, 6) is 0.958. The summed E-state index contributed by atoms with van der Waals surface area (Å²) < 4.78 is 0. The molecule has 3 rings (SSSR count). The van der Waals surface area contributed by atoms with Gasteiger partial charge in [0.2, 0.25) is 0 Å². The maximum absolute atomic E-state index is 2.74. The van der Waals surface area contributed by atoms with Crippen LogP contribution < -0.4 is 0 Å². The number of likely N-dealkylation sites (tertiary alicyclic amines) is 3. The van der Waals surface area contributed by atoms with Gasteiger partial charge in [0, 0.05) is 43.2 Å². The number of piperidine rings is 1. The molecule has 3 aliphatic heterocycles. The van der Waals surface area contributed by atoms with Crippen molar-refractivity contribution in [2.24, 2.45) is 11.3 Å². The minimum absolute atomic E-state index is 0.345. The maximum atomic E-state index is 2.74. The summed E-state index contributed by atoms with van der Waals surface area (Å²) >= 11 is 0. The Kier molecular flexibility index (Phi) is 4.13. The van der Waals surface area contributed by atoms with Crippen molar-refractivity contribution >= 4 is 0 Å². The van der Waals surface area contributed by atoms with Gasteiger partial charge in [-0.3, -0.25) is 4.90 Å². The zero-order chi connectivity index (χ0) is 15.3. The third kappa shape index (κ3) is 2.89. The molecule has 0 saturated carbocycles. The fourth-order valence-corrected chi connectivity index (χ4v) is 4.83. The van der Waals surface area contributed by atoms with E-state index in [2.05, 4.69) is 49.3 Å². The fourth-order valence-electron chi connectivity index (χ4n) is 4.83. The minimum atomic E-state index is 0.345. The Morgan fingerprint density at radius 3 is 2.10 bits per heavy atom. The van der Waals surface area contributed by atoms with Crippen LogP contribution in [0, 0.1) is 11.3 Å². The van der Waals surface area contributed by atoms with Crippen molar-refractivity contribution in [3.63, 3.8) is 0 Å². The second kappa shape index (κ2) is 5.50. The van der Waals surface area contributed by atoms with E-state index in [1.165, 1.54) is 58.7 Å². The number of hydrogen-bond acceptors (Lipinski definition) is 3. The lowest BCUT2D eigenvalue weighted by Gasteiger charge is -2.68. The Morgan fingerprint density at radius 1 is 1.00 bits per heavy atom. The van der Waals surface area contributed by atoms with E-state index < -0.39 is 0 Å². The van der Waals surface area contributed by atoms with E-state index in [4.69, 9.17) is 0 Å². The first kappa shape index (κ1) is 15.8. The molecule has 3 saturated heterocycles. The Balaban J connectivity index is 1.41. The van der Waals surface area contributed by atoms with Gasteiger partial charge in [-0.15, -0.1) is 0 Å². The molecule has 3 aliphatic rings. The van der Waals surface area contributed by atoms with Gasteiger partial charge in [0.15, 0.2) is 0 Å². The van der Waals surface area contributed by atoms with Crippen LogP contribution in [0.4, 0.5) is 0 Å². The predicted molar refractivity (Wildman–Crippen MR) is 89.6 cm³/mol. The van der Waals surface area contributed by atoms with Gasteiger partial charge in [-0.1, -0.05) is 6.92 Å². The average Bonchev–Trinajstić information content (AvgIpc) is 2.39. The van der Waals surface area contributed by atoms with Crippen LogP contribution in [0.3, 0.4) is 0 Å². The molecule has 0 bridgehead atoms. The molecule has 0 aromatic carbocycles. The highest BCUT2D eigenvalue weighted by atomic mass is 15.4. The van der Waals surface area contributed by atoms with Crippen molar-refractivity contribution in [1.29, 1.82) is 0 Å². The Labute approximate surface area is 131 Å². The molecular formula is C18H35N3. The highest BCUT2D eigenvalue weighted by Gasteiger charge is 2.59. The van der Waals surface area contributed by atoms with Gasteiger partial charge in [0.05, 0.1) is 0 Å². The fraction of sp³-hybridized carbons (Fsp3) is 1.00. The second-order valence-corrected chi connectivity index (χ2v) is 8.88. The summed E-state index contributed by atoms with van der Waals surface area (Å²) in [6.45, 7) is 21.1. The number of rotatable bonds is 3. The van der Waals surface area contributed by atoms with E-state index in [0.717, 1.165) is 12.0 Å². The molecule has 3 heteroatoms. The molecule has 0 N–H and O–H groups in total. The van der Waals surface area contributed by atoms with Crippen LogP contribution in [0.2, 0.25) is 0 Å². The molecular weight excluding hydrogens is 258 g/mol. The third-order valence-electron chi connectivity index (χ3n) is 6.45. The molecule has 0 radical (unpaired) electrons. The zero-order valence-electron chi connectivity index (χ0n) is 14.9. The van der Waals surface area contributed by atoms with Crippen LogP contribution in [-0.2, 0) is 0 Å². The van der Waals surface area contributed by atoms with Crippen molar-refractivity contribution in [1.82, 2.24) is 14.7 Å². The van der Waals surface area contributed by atoms with Gasteiger partial charge in [-0.25, -0.2) is 0 Å². The highest BCUT2D eigenvalue weighted by molar-refractivity contribution is 5.13. The van der Waals surface area contributed by atoms with Crippen molar-refractivity contribution in [3.05, 3.63) is 0 Å². The summed E-state index contributed by atoms with van der Waals surface area (Å²) in [6.07, 6.45) is 2.84. The van der Waals surface area contributed by atoms with Crippen LogP contribution in [0.5, 0.6) is 0 Å². The molecule has 122 valence electrons. The molecule has 1 atom stereocenters. The highest BCUT2D eigenvalue weighted by Crippen LogP contribution is 2.48. The van der Waals surface area contributed by atoms with Crippen LogP contribution in [0.15, 0.2) is 0 Å². The largest absolute Gasteiger partial charge is 0.304 e. The molecule has 0 aromatic heterocycles. The van der Waals surface area contributed by atoms with Crippen LogP contribution >= 0.6 is 0 Å². The first-order valence-electron chi connectivity index (χ1n) is 9.05. The lowest BCUT2D eigenvalue weighted by molar-refractivity contribution is -0.190. The quantitative estimate of drug-likeness (QED) is 0.792. The summed E-state index contributed by atoms with van der Waals surface area (Å²) in [7, 11) is 0. The van der Waals surface area contributed by atoms with E-state index >= 15 is 0 Å². The summed E-state index contributed by atoms with van der Waals surface area (Å²) in [5, 5.41) is 0. The van der Waals surface area contributed by atoms with Gasteiger partial charge >= 0.3 is 0 Å². The molecule has 0 aliphatic carbocycles. The molecule has 1 spiro atoms. The average molecular weight is 293 g/mol. The minimum Gasteiger partial charge on any atom is -0.304 e. The summed E-state index contributed by atoms with van der Waals surface area (Å²) in [5.41, 5.74) is 0.982. The van der Waals surface area contributed by atoms with E-state index in [1.807, 2.05) is 0 Å². The molecule has 0 amide bonds. The van der Waals surface area contributed by atoms with E-state index in [0.29, 0.717) is 11.0 Å². The van der Waals surface area contributed by atoms with Crippen LogP contribution in [-0.4, -0.2) is 72.1 Å². The van der Waals surface area contributed by atoms with Crippen molar-refractivity contribution in [3.8, 4) is 0 Å². The van der Waals surface area contributed by atoms with Crippen LogP contribution in [0.1, 0.15) is 47.5 Å². The Hall–Kier alpha value is -0.120. The Morgan fingerprint density at radius 2 is 1.62 bits per heavy atom. The lowest BCUT2D eigenvalue weighted by Crippen LogP contribution is -2.79. The molecule has 0 unspecified atom stereocenters. The molecule has 21 heavy (non-hydrogen) atoms. The first-order valence-corrected chi connectivity index (χ1v) is 9.05. The monoisotopic (exact) mass is 293 g/mol. The molecule has 3 heterocycles. The molecule has 3 fully saturated rings. The van der Waals surface area contributed by atoms with Gasteiger partial charge in [-0.2, -0.15) is 0 Å². The van der Waals surface area contributed by atoms with Crippen molar-refractivity contribution in [2.75, 3.05) is 45.8 Å². The smallest absolute Gasteiger partial charge is 0.0238 e. The van der Waals surface area contributed by atoms with Gasteiger partial charge in [-0.05, 0) is 66.1 Å². The van der Waals surface area contributed by atoms with Crippen molar-refractivity contribution < 1.29 is 0 Å². The SMILES string of the molecule is CCN1CCC(CN2CC3(C2)CN(C(C)(C)C)[C@H]3C)CC1. The van der Waals surface area contributed by atoms with Crippen molar-refractivity contribution in [2.45, 2.75) is 59.0 Å². The lowest BCUT2D eigenvalue weighted by atomic mass is 9.64. The van der Waals surface area contributed by atoms with Gasteiger partial charge in [0.1, 0.15) is 0 Å². The molecule has 0 aromatic rings. The first-order chi connectivity index (χ1) is 9.84. The number of hydrogen-bond donors (Lipinski definition) is 0. The van der Waals surface area contributed by atoms with Crippen LogP contribution in [0.25, 0.3) is 0 Å². The van der Waals surface area contributed by atoms with E-state index in [1.54, 1.807) is 0 Å². The number of nitrogens with zero attached hydrogens (tertiary/aromatic N) is 3. The molecule has 3 nitrogen and oxygen atoms in total. The summed E-state index contributed by atoms with van der Waals surface area (Å²) in [4.78, 5) is 8.02. The maximum Gasteiger partial charge on any atom is 0.0238 e. The van der Waals surface area contributed by atoms with Gasteiger partial charge < -0.3 is 9.80 Å². The normalized spacial score (nSPS) is 32.1. The van der Waals surface area contributed by atoms with E-state index in [9.17, 15) is 0 Å².